The van der Waals surface area contributed by atoms with Gasteiger partial charge in [-0.25, -0.2) is 0 Å². The Hall–Kier alpha value is -1.33. The first-order chi connectivity index (χ1) is 7.83. The van der Waals surface area contributed by atoms with Crippen molar-refractivity contribution in [1.29, 1.82) is 0 Å². The molecule has 2 rings (SSSR count). The topological polar surface area (TPSA) is 50.7 Å². The van der Waals surface area contributed by atoms with E-state index in [0.717, 1.165) is 22.7 Å². The van der Waals surface area contributed by atoms with Crippen molar-refractivity contribution in [2.75, 3.05) is 6.54 Å². The Morgan fingerprint density at radius 3 is 2.94 bits per heavy atom. The van der Waals surface area contributed by atoms with Crippen molar-refractivity contribution in [2.24, 2.45) is 0 Å². The molecule has 0 amide bonds. The summed E-state index contributed by atoms with van der Waals surface area (Å²) >= 11 is 1.44. The number of aromatic nitrogens is 3. The lowest BCUT2D eigenvalue weighted by Gasteiger charge is -2.16. The van der Waals surface area contributed by atoms with Crippen molar-refractivity contribution in [3.63, 3.8) is 0 Å². The number of nitrogens with one attached hydrogen (secondary N) is 1. The number of pyridine rings is 1. The van der Waals surface area contributed by atoms with Crippen LogP contribution in [0.4, 0.5) is 0 Å². The molecule has 2 heterocycles. The van der Waals surface area contributed by atoms with E-state index < -0.39 is 0 Å². The zero-order valence-corrected chi connectivity index (χ0v) is 10.2. The van der Waals surface area contributed by atoms with Gasteiger partial charge in [0.15, 0.2) is 0 Å². The van der Waals surface area contributed by atoms with Crippen LogP contribution in [0.1, 0.15) is 29.1 Å². The molecule has 4 nitrogen and oxygen atoms in total. The van der Waals surface area contributed by atoms with E-state index in [0.29, 0.717) is 0 Å². The molecule has 0 saturated carbocycles. The highest BCUT2D eigenvalue weighted by molar-refractivity contribution is 7.05. The number of nitrogens with zero attached hydrogens (tertiary/aromatic N) is 3. The standard InChI is InChI=1S/C11H14N4S/c1-3-13-10(9-5-4-6-12-7-9)11-8(2)14-15-16-11/h4-7,10,13H,3H2,1-2H3. The molecule has 84 valence electrons. The molecule has 0 bridgehead atoms. The number of rotatable bonds is 4. The van der Waals surface area contributed by atoms with Gasteiger partial charge in [0, 0.05) is 12.4 Å². The molecule has 0 radical (unpaired) electrons. The van der Waals surface area contributed by atoms with Crippen LogP contribution < -0.4 is 5.32 Å². The third-order valence-corrected chi connectivity index (χ3v) is 3.27. The van der Waals surface area contributed by atoms with E-state index in [4.69, 9.17) is 0 Å². The molecule has 0 aromatic carbocycles. The van der Waals surface area contributed by atoms with E-state index in [9.17, 15) is 0 Å². The van der Waals surface area contributed by atoms with E-state index in [1.807, 2.05) is 19.2 Å². The normalized spacial score (nSPS) is 12.6. The Morgan fingerprint density at radius 2 is 2.38 bits per heavy atom. The van der Waals surface area contributed by atoms with Gasteiger partial charge >= 0.3 is 0 Å². The Kier molecular flexibility index (Phi) is 3.58. The maximum atomic E-state index is 4.15. The molecular formula is C11H14N4S. The quantitative estimate of drug-likeness (QED) is 0.878. The van der Waals surface area contributed by atoms with Gasteiger partial charge < -0.3 is 5.32 Å². The number of aryl methyl sites for hydroxylation is 1. The Balaban J connectivity index is 2.35. The number of hydrogen-bond acceptors (Lipinski definition) is 5. The smallest absolute Gasteiger partial charge is 0.0776 e. The van der Waals surface area contributed by atoms with Crippen molar-refractivity contribution >= 4 is 11.5 Å². The summed E-state index contributed by atoms with van der Waals surface area (Å²) in [5, 5.41) is 7.49. The molecule has 16 heavy (non-hydrogen) atoms. The second-order valence-electron chi connectivity index (χ2n) is 3.50. The molecule has 1 atom stereocenters. The summed E-state index contributed by atoms with van der Waals surface area (Å²) < 4.78 is 3.98. The van der Waals surface area contributed by atoms with E-state index in [-0.39, 0.29) is 6.04 Å². The van der Waals surface area contributed by atoms with Crippen LogP contribution in [0.5, 0.6) is 0 Å². The molecule has 0 spiro atoms. The lowest BCUT2D eigenvalue weighted by Crippen LogP contribution is -2.21. The van der Waals surface area contributed by atoms with Gasteiger partial charge in [0.1, 0.15) is 0 Å². The van der Waals surface area contributed by atoms with E-state index in [1.165, 1.54) is 11.5 Å². The van der Waals surface area contributed by atoms with Crippen LogP contribution in [0, 0.1) is 6.92 Å². The number of hydrogen-bond donors (Lipinski definition) is 1. The Bertz CT molecular complexity index is 440. The molecule has 0 fully saturated rings. The second kappa shape index (κ2) is 5.14. The molecule has 5 heteroatoms. The predicted octanol–water partition coefficient (Wildman–Crippen LogP) is 1.94. The van der Waals surface area contributed by atoms with Gasteiger partial charge in [0.25, 0.3) is 0 Å². The van der Waals surface area contributed by atoms with E-state index >= 15 is 0 Å². The first kappa shape index (κ1) is 11.2. The van der Waals surface area contributed by atoms with E-state index in [1.54, 1.807) is 6.20 Å². The lowest BCUT2D eigenvalue weighted by atomic mass is 10.1. The van der Waals surface area contributed by atoms with Gasteiger partial charge in [-0.15, -0.1) is 5.10 Å². The van der Waals surface area contributed by atoms with Gasteiger partial charge in [-0.1, -0.05) is 17.5 Å². The van der Waals surface area contributed by atoms with Gasteiger partial charge in [-0.3, -0.25) is 4.98 Å². The van der Waals surface area contributed by atoms with Crippen LogP contribution in [0.2, 0.25) is 0 Å². The van der Waals surface area contributed by atoms with Gasteiger partial charge in [0.05, 0.1) is 16.6 Å². The van der Waals surface area contributed by atoms with Gasteiger partial charge in [-0.2, -0.15) is 0 Å². The third kappa shape index (κ3) is 2.25. The van der Waals surface area contributed by atoms with Gasteiger partial charge in [-0.05, 0) is 36.6 Å². The summed E-state index contributed by atoms with van der Waals surface area (Å²) in [5.74, 6) is 0. The van der Waals surface area contributed by atoms with Crippen LogP contribution in [0.15, 0.2) is 24.5 Å². The van der Waals surface area contributed by atoms with Crippen LogP contribution >= 0.6 is 11.5 Å². The molecule has 1 N–H and O–H groups in total. The molecular weight excluding hydrogens is 220 g/mol. The van der Waals surface area contributed by atoms with Crippen LogP contribution in [0.3, 0.4) is 0 Å². The summed E-state index contributed by atoms with van der Waals surface area (Å²) in [4.78, 5) is 5.31. The molecule has 0 saturated heterocycles. The zero-order chi connectivity index (χ0) is 11.4. The van der Waals surface area contributed by atoms with Gasteiger partial charge in [0.2, 0.25) is 0 Å². The van der Waals surface area contributed by atoms with Crippen molar-refractivity contribution < 1.29 is 0 Å². The SMILES string of the molecule is CCNC(c1cccnc1)c1snnc1C. The summed E-state index contributed by atoms with van der Waals surface area (Å²) in [5.41, 5.74) is 2.14. The average molecular weight is 234 g/mol. The predicted molar refractivity (Wildman–Crippen MR) is 64.4 cm³/mol. The summed E-state index contributed by atoms with van der Waals surface area (Å²) in [7, 11) is 0. The minimum atomic E-state index is 0.152. The third-order valence-electron chi connectivity index (χ3n) is 2.37. The molecule has 0 aliphatic heterocycles. The minimum Gasteiger partial charge on any atom is -0.306 e. The van der Waals surface area contributed by atoms with Crippen molar-refractivity contribution in [3.8, 4) is 0 Å². The fourth-order valence-electron chi connectivity index (χ4n) is 1.62. The molecule has 1 unspecified atom stereocenters. The highest BCUT2D eigenvalue weighted by atomic mass is 32.1. The minimum absolute atomic E-state index is 0.152. The Labute approximate surface area is 98.9 Å². The van der Waals surface area contributed by atoms with E-state index in [2.05, 4.69) is 32.9 Å². The molecule has 0 aliphatic rings. The van der Waals surface area contributed by atoms with Crippen LogP contribution in [-0.2, 0) is 0 Å². The highest BCUT2D eigenvalue weighted by Crippen LogP contribution is 2.25. The first-order valence-corrected chi connectivity index (χ1v) is 6.02. The maximum absolute atomic E-state index is 4.15. The summed E-state index contributed by atoms with van der Waals surface area (Å²) in [6.07, 6.45) is 3.66. The zero-order valence-electron chi connectivity index (χ0n) is 9.34. The monoisotopic (exact) mass is 234 g/mol. The largest absolute Gasteiger partial charge is 0.306 e. The lowest BCUT2D eigenvalue weighted by molar-refractivity contribution is 0.633. The maximum Gasteiger partial charge on any atom is 0.0776 e. The second-order valence-corrected chi connectivity index (χ2v) is 4.29. The first-order valence-electron chi connectivity index (χ1n) is 5.25. The van der Waals surface area contributed by atoms with Crippen molar-refractivity contribution in [2.45, 2.75) is 19.9 Å². The summed E-state index contributed by atoms with van der Waals surface area (Å²) in [6.45, 7) is 4.98. The molecule has 2 aromatic heterocycles. The van der Waals surface area contributed by atoms with Crippen LogP contribution in [0.25, 0.3) is 0 Å². The van der Waals surface area contributed by atoms with Crippen molar-refractivity contribution in [1.82, 2.24) is 19.9 Å². The van der Waals surface area contributed by atoms with Crippen LogP contribution in [-0.4, -0.2) is 21.1 Å². The van der Waals surface area contributed by atoms with Crippen molar-refractivity contribution in [3.05, 3.63) is 40.7 Å². The molecule has 0 aliphatic carbocycles. The summed E-state index contributed by atoms with van der Waals surface area (Å²) in [6, 6.07) is 4.17. The molecule has 2 aromatic rings. The fraction of sp³-hybridized carbons (Fsp3) is 0.364. The average Bonchev–Trinajstić information content (AvgIpc) is 2.73. The highest BCUT2D eigenvalue weighted by Gasteiger charge is 2.18. The Morgan fingerprint density at radius 1 is 1.50 bits per heavy atom. The fourth-order valence-corrected chi connectivity index (χ4v) is 2.36.